The molecule has 154 valence electrons. The van der Waals surface area contributed by atoms with Gasteiger partial charge in [0.2, 0.25) is 6.41 Å². The number of piperidine rings is 1. The molecule has 1 saturated heterocycles. The number of hydrogen-bond donors (Lipinski definition) is 2. The molecule has 0 radical (unpaired) electrons. The van der Waals surface area contributed by atoms with E-state index in [1.165, 1.54) is 30.9 Å². The van der Waals surface area contributed by atoms with Crippen molar-refractivity contribution in [2.75, 3.05) is 13.1 Å². The van der Waals surface area contributed by atoms with Gasteiger partial charge in [-0.25, -0.2) is 0 Å². The van der Waals surface area contributed by atoms with Gasteiger partial charge >= 0.3 is 0 Å². The minimum atomic E-state index is -0.329. The number of rotatable bonds is 5. The van der Waals surface area contributed by atoms with Crippen molar-refractivity contribution in [1.82, 2.24) is 9.80 Å². The monoisotopic (exact) mass is 394 g/mol. The van der Waals surface area contributed by atoms with Crippen molar-refractivity contribution in [3.8, 4) is 11.5 Å². The van der Waals surface area contributed by atoms with Gasteiger partial charge in [-0.3, -0.25) is 9.69 Å². The third-order valence-corrected chi connectivity index (χ3v) is 6.27. The van der Waals surface area contributed by atoms with Crippen LogP contribution in [0.2, 0.25) is 0 Å². The molecule has 4 rings (SSSR count). The van der Waals surface area contributed by atoms with E-state index in [2.05, 4.69) is 23.1 Å². The van der Waals surface area contributed by atoms with E-state index >= 15 is 0 Å². The lowest BCUT2D eigenvalue weighted by Crippen LogP contribution is -2.29. The second-order valence-corrected chi connectivity index (χ2v) is 8.67. The maximum atomic E-state index is 11.8. The molecule has 2 aliphatic rings. The van der Waals surface area contributed by atoms with Crippen LogP contribution in [0.1, 0.15) is 72.9 Å². The summed E-state index contributed by atoms with van der Waals surface area (Å²) in [6, 6.07) is 9.37. The highest BCUT2D eigenvalue weighted by molar-refractivity contribution is 5.59. The number of hydrogen-bond acceptors (Lipinski definition) is 4. The summed E-state index contributed by atoms with van der Waals surface area (Å²) in [6.45, 7) is 7.79. The number of carbonyl (C=O) groups excluding carboxylic acids is 1. The first-order chi connectivity index (χ1) is 14.0. The molecule has 0 bridgehead atoms. The van der Waals surface area contributed by atoms with E-state index in [4.69, 9.17) is 0 Å². The highest BCUT2D eigenvalue weighted by atomic mass is 16.3. The molecule has 2 aromatic carbocycles. The van der Waals surface area contributed by atoms with Crippen molar-refractivity contribution in [2.45, 2.75) is 58.2 Å². The van der Waals surface area contributed by atoms with Gasteiger partial charge in [-0.2, -0.15) is 0 Å². The molecule has 2 aliphatic heterocycles. The van der Waals surface area contributed by atoms with Crippen LogP contribution in [0.4, 0.5) is 0 Å². The summed E-state index contributed by atoms with van der Waals surface area (Å²) in [4.78, 5) is 16.1. The van der Waals surface area contributed by atoms with Gasteiger partial charge in [-0.1, -0.05) is 38.5 Å². The van der Waals surface area contributed by atoms with Gasteiger partial charge in [0.1, 0.15) is 11.5 Å². The van der Waals surface area contributed by atoms with Crippen LogP contribution in [0.3, 0.4) is 0 Å². The van der Waals surface area contributed by atoms with Crippen LogP contribution in [0.5, 0.6) is 11.5 Å². The Hall–Kier alpha value is -2.53. The van der Waals surface area contributed by atoms with E-state index < -0.39 is 0 Å². The van der Waals surface area contributed by atoms with Crippen molar-refractivity contribution < 1.29 is 15.0 Å². The van der Waals surface area contributed by atoms with Crippen molar-refractivity contribution in [3.05, 3.63) is 58.1 Å². The Morgan fingerprint density at radius 1 is 1.03 bits per heavy atom. The topological polar surface area (TPSA) is 64.0 Å². The number of aromatic hydroxyl groups is 2. The third-order valence-electron chi connectivity index (χ3n) is 6.27. The molecule has 1 unspecified atom stereocenters. The van der Waals surface area contributed by atoms with Gasteiger partial charge < -0.3 is 15.1 Å². The zero-order chi connectivity index (χ0) is 20.5. The molecule has 1 atom stereocenters. The predicted molar refractivity (Wildman–Crippen MR) is 113 cm³/mol. The second kappa shape index (κ2) is 8.07. The van der Waals surface area contributed by atoms with E-state index in [0.29, 0.717) is 12.1 Å². The van der Waals surface area contributed by atoms with E-state index in [0.717, 1.165) is 42.7 Å². The van der Waals surface area contributed by atoms with E-state index in [-0.39, 0.29) is 23.5 Å². The molecule has 0 spiro atoms. The summed E-state index contributed by atoms with van der Waals surface area (Å²) >= 11 is 0. The number of fused-ring (bicyclic) bond motifs is 1. The fourth-order valence-electron chi connectivity index (χ4n) is 4.74. The molecule has 0 saturated carbocycles. The lowest BCUT2D eigenvalue weighted by atomic mass is 9.91. The lowest BCUT2D eigenvalue weighted by molar-refractivity contribution is -0.119. The molecule has 2 N–H and O–H groups in total. The number of benzene rings is 2. The summed E-state index contributed by atoms with van der Waals surface area (Å²) in [7, 11) is 0. The highest BCUT2D eigenvalue weighted by Crippen LogP contribution is 2.44. The van der Waals surface area contributed by atoms with Gasteiger partial charge in [-0.15, -0.1) is 0 Å². The molecule has 0 aromatic heterocycles. The van der Waals surface area contributed by atoms with Crippen LogP contribution >= 0.6 is 0 Å². The molecular formula is C24H30N2O3. The Morgan fingerprint density at radius 3 is 2.48 bits per heavy atom. The van der Waals surface area contributed by atoms with E-state index in [1.54, 1.807) is 4.90 Å². The van der Waals surface area contributed by atoms with Gasteiger partial charge in [0.15, 0.2) is 0 Å². The lowest BCUT2D eigenvalue weighted by Gasteiger charge is -2.26. The van der Waals surface area contributed by atoms with E-state index in [9.17, 15) is 15.0 Å². The Kier molecular flexibility index (Phi) is 5.50. The number of carbonyl (C=O) groups is 1. The fourth-order valence-corrected chi connectivity index (χ4v) is 4.74. The standard InChI is InChI=1S/C24H30N2O3/c1-16(2)20-11-21(23(29)12-22(20)28)24-19-7-6-17(10-18(19)14-26(24)15-27)13-25-8-4-3-5-9-25/h6-7,10-12,15-16,24,28-29H,3-5,8-9,13-14H2,1-2H3. The van der Waals surface area contributed by atoms with Gasteiger partial charge in [0, 0.05) is 24.7 Å². The molecule has 2 aromatic rings. The van der Waals surface area contributed by atoms with Crippen LogP contribution < -0.4 is 0 Å². The Labute approximate surface area is 172 Å². The summed E-state index contributed by atoms with van der Waals surface area (Å²) in [5.74, 6) is 0.231. The van der Waals surface area contributed by atoms with E-state index in [1.807, 2.05) is 19.9 Å². The van der Waals surface area contributed by atoms with Gasteiger partial charge in [-0.05, 0) is 60.2 Å². The molecule has 0 aliphatic carbocycles. The smallest absolute Gasteiger partial charge is 0.210 e. The first kappa shape index (κ1) is 19.8. The second-order valence-electron chi connectivity index (χ2n) is 8.67. The molecule has 2 heterocycles. The summed E-state index contributed by atoms with van der Waals surface area (Å²) in [5, 5.41) is 20.8. The van der Waals surface area contributed by atoms with Crippen molar-refractivity contribution in [2.24, 2.45) is 0 Å². The highest BCUT2D eigenvalue weighted by Gasteiger charge is 2.33. The molecule has 1 amide bonds. The SMILES string of the molecule is CC(C)c1cc(C2c3ccc(CN4CCCCC4)cc3CN2C=O)c(O)cc1O. The molecular weight excluding hydrogens is 364 g/mol. The summed E-state index contributed by atoms with van der Waals surface area (Å²) in [6.07, 6.45) is 4.72. The number of likely N-dealkylation sites (tertiary alicyclic amines) is 1. The van der Waals surface area contributed by atoms with Crippen LogP contribution in [0.15, 0.2) is 30.3 Å². The summed E-state index contributed by atoms with van der Waals surface area (Å²) in [5.41, 5.74) is 4.90. The van der Waals surface area contributed by atoms with Crippen molar-refractivity contribution >= 4 is 6.41 Å². The minimum absolute atomic E-state index is 0.0222. The van der Waals surface area contributed by atoms with Crippen LogP contribution in [-0.2, 0) is 17.9 Å². The zero-order valence-electron chi connectivity index (χ0n) is 17.3. The molecule has 5 nitrogen and oxygen atoms in total. The predicted octanol–water partition coefficient (Wildman–Crippen LogP) is 4.27. The van der Waals surface area contributed by atoms with Crippen LogP contribution in [0.25, 0.3) is 0 Å². The van der Waals surface area contributed by atoms with Crippen molar-refractivity contribution in [1.29, 1.82) is 0 Å². The molecule has 5 heteroatoms. The average molecular weight is 395 g/mol. The number of nitrogens with zero attached hydrogens (tertiary/aromatic N) is 2. The first-order valence-corrected chi connectivity index (χ1v) is 10.6. The van der Waals surface area contributed by atoms with Crippen LogP contribution in [-0.4, -0.2) is 39.5 Å². The largest absolute Gasteiger partial charge is 0.508 e. The number of phenols is 2. The van der Waals surface area contributed by atoms with Gasteiger partial charge in [0.05, 0.1) is 6.04 Å². The maximum absolute atomic E-state index is 11.8. The molecule has 1 fully saturated rings. The maximum Gasteiger partial charge on any atom is 0.210 e. The number of amides is 1. The molecule has 29 heavy (non-hydrogen) atoms. The number of phenolic OH excluding ortho intramolecular Hbond substituents is 2. The third kappa shape index (κ3) is 3.84. The minimum Gasteiger partial charge on any atom is -0.508 e. The quantitative estimate of drug-likeness (QED) is 0.744. The first-order valence-electron chi connectivity index (χ1n) is 10.6. The Morgan fingerprint density at radius 2 is 1.79 bits per heavy atom. The summed E-state index contributed by atoms with van der Waals surface area (Å²) < 4.78 is 0. The van der Waals surface area contributed by atoms with Crippen molar-refractivity contribution in [3.63, 3.8) is 0 Å². The average Bonchev–Trinajstić information content (AvgIpc) is 3.06. The normalized spacial score (nSPS) is 19.6. The fraction of sp³-hybridized carbons (Fsp3) is 0.458. The van der Waals surface area contributed by atoms with Gasteiger partial charge in [0.25, 0.3) is 0 Å². The Bertz CT molecular complexity index is 903. The zero-order valence-corrected chi connectivity index (χ0v) is 17.3. The Balaban J connectivity index is 1.68. The van der Waals surface area contributed by atoms with Crippen LogP contribution in [0, 0.1) is 0 Å².